The fraction of sp³-hybridized carbons (Fsp3) is 0.600. The van der Waals surface area contributed by atoms with E-state index in [1.165, 1.54) is 4.57 Å². The Labute approximate surface area is 130 Å². The third-order valence-electron chi connectivity index (χ3n) is 3.02. The number of phosphoric ester groups is 1. The van der Waals surface area contributed by atoms with E-state index in [-0.39, 0.29) is 11.2 Å². The van der Waals surface area contributed by atoms with E-state index in [1.807, 2.05) is 0 Å². The van der Waals surface area contributed by atoms with Gasteiger partial charge in [-0.15, -0.1) is 0 Å². The van der Waals surface area contributed by atoms with Gasteiger partial charge in [0.1, 0.15) is 23.1 Å². The Bertz CT molecular complexity index is 687. The molecule has 3 atom stereocenters. The number of H-pyrrole nitrogens is 1. The fourth-order valence-electron chi connectivity index (χ4n) is 1.97. The minimum atomic E-state index is -5.15. The number of halogens is 1. The zero-order chi connectivity index (χ0) is 15.8. The molecule has 0 radical (unpaired) electrons. The number of aromatic amines is 1. The van der Waals surface area contributed by atoms with Crippen molar-refractivity contribution in [3.8, 4) is 0 Å². The lowest BCUT2D eigenvalue weighted by Gasteiger charge is -2.30. The van der Waals surface area contributed by atoms with E-state index < -0.39 is 32.9 Å². The van der Waals surface area contributed by atoms with Crippen molar-refractivity contribution < 1.29 is 28.0 Å². The van der Waals surface area contributed by atoms with Gasteiger partial charge in [-0.1, -0.05) is 12.2 Å². The molecule has 1 aromatic heterocycles. The van der Waals surface area contributed by atoms with Crippen molar-refractivity contribution in [2.24, 2.45) is 0 Å². The number of rotatable bonds is 4. The van der Waals surface area contributed by atoms with E-state index in [1.54, 1.807) is 13.1 Å². The summed E-state index contributed by atoms with van der Waals surface area (Å²) in [5.41, 5.74) is 0.737. The Kier molecular flexibility index (Phi) is 5.09. The molecule has 0 bridgehead atoms. The summed E-state index contributed by atoms with van der Waals surface area (Å²) in [7, 11) is -5.15. The normalized spacial score (nSPS) is 26.2. The van der Waals surface area contributed by atoms with Crippen molar-refractivity contribution in [3.63, 3.8) is 0 Å². The molecular formula is C10H12FN2O5PS2-2. The van der Waals surface area contributed by atoms with Crippen molar-refractivity contribution in [1.82, 2.24) is 9.55 Å². The van der Waals surface area contributed by atoms with Gasteiger partial charge in [-0.05, 0) is 19.1 Å². The molecule has 118 valence electrons. The average Bonchev–Trinajstić information content (AvgIpc) is 2.72. The summed E-state index contributed by atoms with van der Waals surface area (Å²) in [6, 6.07) is 0. The summed E-state index contributed by atoms with van der Waals surface area (Å²) in [6.45, 7) is 1.11. The van der Waals surface area contributed by atoms with Crippen LogP contribution in [0, 0.1) is 16.3 Å². The van der Waals surface area contributed by atoms with E-state index in [9.17, 15) is 18.7 Å². The standard InChI is InChI=1S/C10H14FN2O5PS2/c1-5-3-13(10(21)12-9(5)20)8-2-6(11)7(18-8)4-17-19(14,15)16/h3,6-8H,2,4H2,1H3,(H,12,20,21)(H2,14,15,16)/p-2/t6-,7+,8+/m0/s1. The first kappa shape index (κ1) is 16.9. The van der Waals surface area contributed by atoms with Gasteiger partial charge in [0.05, 0.1) is 14.4 Å². The second-order valence-electron chi connectivity index (χ2n) is 4.60. The van der Waals surface area contributed by atoms with E-state index in [2.05, 4.69) is 9.51 Å². The van der Waals surface area contributed by atoms with Crippen LogP contribution in [0.15, 0.2) is 6.20 Å². The average molecular weight is 354 g/mol. The van der Waals surface area contributed by atoms with Gasteiger partial charge in [0, 0.05) is 18.2 Å². The van der Waals surface area contributed by atoms with Gasteiger partial charge >= 0.3 is 0 Å². The monoisotopic (exact) mass is 354 g/mol. The Morgan fingerprint density at radius 1 is 1.62 bits per heavy atom. The molecule has 1 fully saturated rings. The quantitative estimate of drug-likeness (QED) is 0.637. The third kappa shape index (κ3) is 4.26. The van der Waals surface area contributed by atoms with Crippen LogP contribution >= 0.6 is 32.3 Å². The Morgan fingerprint density at radius 2 is 2.29 bits per heavy atom. The van der Waals surface area contributed by atoms with Crippen LogP contribution in [0.1, 0.15) is 18.2 Å². The van der Waals surface area contributed by atoms with Gasteiger partial charge in [-0.2, -0.15) is 0 Å². The van der Waals surface area contributed by atoms with Gasteiger partial charge in [0.15, 0.2) is 4.77 Å². The van der Waals surface area contributed by atoms with Crippen molar-refractivity contribution in [2.45, 2.75) is 31.8 Å². The number of hydrogen-bond donors (Lipinski definition) is 1. The number of phosphoric acid groups is 1. The molecule has 1 saturated heterocycles. The molecule has 0 saturated carbocycles. The van der Waals surface area contributed by atoms with Crippen LogP contribution in [0.3, 0.4) is 0 Å². The first-order chi connectivity index (χ1) is 9.67. The number of aromatic nitrogens is 2. The molecule has 2 rings (SSSR count). The summed E-state index contributed by atoms with van der Waals surface area (Å²) < 4.78 is 35.9. The molecule has 11 heteroatoms. The zero-order valence-corrected chi connectivity index (χ0v) is 13.4. The minimum absolute atomic E-state index is 0.0333. The first-order valence-corrected chi connectivity index (χ1v) is 8.23. The van der Waals surface area contributed by atoms with Gasteiger partial charge in [0.2, 0.25) is 0 Å². The molecular weight excluding hydrogens is 342 g/mol. The van der Waals surface area contributed by atoms with Crippen LogP contribution in [0.4, 0.5) is 4.39 Å². The molecule has 7 nitrogen and oxygen atoms in total. The second-order valence-corrected chi connectivity index (χ2v) is 6.55. The smallest absolute Gasteiger partial charge is 0.180 e. The first-order valence-electron chi connectivity index (χ1n) is 5.95. The summed E-state index contributed by atoms with van der Waals surface area (Å²) in [5, 5.41) is 0. The number of ether oxygens (including phenoxy) is 1. The SMILES string of the molecule is Cc1cn([C@H]2C[C@H](F)[C@@H](COP(=O)([O-])[O-])O2)c(=S)[nH]c1=S. The maximum absolute atomic E-state index is 13.8. The third-order valence-corrected chi connectivity index (χ3v) is 4.22. The maximum atomic E-state index is 13.8. The van der Waals surface area contributed by atoms with Crippen LogP contribution in [0.25, 0.3) is 0 Å². The van der Waals surface area contributed by atoms with Crippen LogP contribution in [0.5, 0.6) is 0 Å². The number of nitrogens with one attached hydrogen (secondary N) is 1. The van der Waals surface area contributed by atoms with Crippen LogP contribution in [0.2, 0.25) is 0 Å². The topological polar surface area (TPSA) is 102 Å². The molecule has 0 unspecified atom stereocenters. The second kappa shape index (κ2) is 6.33. The minimum Gasteiger partial charge on any atom is -0.790 e. The lowest BCUT2D eigenvalue weighted by atomic mass is 10.2. The molecule has 21 heavy (non-hydrogen) atoms. The highest BCUT2D eigenvalue weighted by Gasteiger charge is 2.36. The van der Waals surface area contributed by atoms with Gasteiger partial charge in [-0.3, -0.25) is 4.57 Å². The molecule has 1 aliphatic rings. The predicted molar refractivity (Wildman–Crippen MR) is 72.2 cm³/mol. The Balaban J connectivity index is 2.14. The van der Waals surface area contributed by atoms with Gasteiger partial charge in [0.25, 0.3) is 0 Å². The van der Waals surface area contributed by atoms with Crippen molar-refractivity contribution >= 4 is 32.3 Å². The van der Waals surface area contributed by atoms with E-state index in [0.717, 1.165) is 5.56 Å². The van der Waals surface area contributed by atoms with Crippen LogP contribution in [-0.4, -0.2) is 28.4 Å². The molecule has 0 amide bonds. The molecule has 1 N–H and O–H groups in total. The van der Waals surface area contributed by atoms with Gasteiger partial charge < -0.3 is 28.6 Å². The van der Waals surface area contributed by atoms with E-state index in [0.29, 0.717) is 4.64 Å². The lowest BCUT2D eigenvalue weighted by Crippen LogP contribution is -2.27. The molecule has 0 aromatic carbocycles. The maximum Gasteiger partial charge on any atom is 0.180 e. The lowest BCUT2D eigenvalue weighted by molar-refractivity contribution is -0.343. The van der Waals surface area contributed by atoms with Crippen LogP contribution < -0.4 is 9.79 Å². The summed E-state index contributed by atoms with van der Waals surface area (Å²) in [4.78, 5) is 23.6. The van der Waals surface area contributed by atoms with Crippen LogP contribution in [-0.2, 0) is 13.8 Å². The highest BCUT2D eigenvalue weighted by molar-refractivity contribution is 7.72. The van der Waals surface area contributed by atoms with E-state index >= 15 is 0 Å². The molecule has 0 spiro atoms. The van der Waals surface area contributed by atoms with Crippen molar-refractivity contribution in [1.29, 1.82) is 0 Å². The highest BCUT2D eigenvalue weighted by Crippen LogP contribution is 2.34. The Hall–Kier alpha value is -0.480. The van der Waals surface area contributed by atoms with E-state index in [4.69, 9.17) is 29.2 Å². The summed E-state index contributed by atoms with van der Waals surface area (Å²) >= 11 is 10.1. The van der Waals surface area contributed by atoms with Gasteiger partial charge in [-0.25, -0.2) is 4.39 Å². The Morgan fingerprint density at radius 3 is 2.90 bits per heavy atom. The number of hydrogen-bond acceptors (Lipinski definition) is 7. The number of nitrogens with zero attached hydrogens (tertiary/aromatic N) is 1. The molecule has 2 heterocycles. The zero-order valence-electron chi connectivity index (χ0n) is 10.9. The largest absolute Gasteiger partial charge is 0.790 e. The number of aryl methyl sites for hydroxylation is 1. The summed E-state index contributed by atoms with van der Waals surface area (Å²) in [6.07, 6.45) is -1.73. The van der Waals surface area contributed by atoms with Crippen molar-refractivity contribution in [2.75, 3.05) is 6.61 Å². The predicted octanol–water partition coefficient (Wildman–Crippen LogP) is 1.05. The fourth-order valence-corrected chi connectivity index (χ4v) is 2.79. The number of alkyl halides is 1. The molecule has 1 aliphatic heterocycles. The molecule has 0 aliphatic carbocycles. The highest BCUT2D eigenvalue weighted by atomic mass is 32.1. The van der Waals surface area contributed by atoms with Crippen molar-refractivity contribution in [3.05, 3.63) is 21.2 Å². The molecule has 1 aromatic rings. The summed E-state index contributed by atoms with van der Waals surface area (Å²) in [5.74, 6) is 0.